The van der Waals surface area contributed by atoms with E-state index in [4.69, 9.17) is 4.74 Å². The summed E-state index contributed by atoms with van der Waals surface area (Å²) in [6, 6.07) is 6.25. The third-order valence-electron chi connectivity index (χ3n) is 3.99. The number of piperazine rings is 1. The average molecular weight is 402 g/mol. The highest BCUT2D eigenvalue weighted by Gasteiger charge is 2.17. The van der Waals surface area contributed by atoms with Gasteiger partial charge in [0.15, 0.2) is 0 Å². The zero-order valence-electron chi connectivity index (χ0n) is 12.8. The van der Waals surface area contributed by atoms with E-state index in [0.29, 0.717) is 0 Å². The fourth-order valence-corrected chi connectivity index (χ4v) is 3.25. The summed E-state index contributed by atoms with van der Waals surface area (Å²) in [6.07, 6.45) is 2.21. The van der Waals surface area contributed by atoms with Crippen LogP contribution in [0.5, 0.6) is 5.75 Å². The predicted molar refractivity (Wildman–Crippen MR) is 92.7 cm³/mol. The topological polar surface area (TPSA) is 32.8 Å². The van der Waals surface area contributed by atoms with Crippen molar-refractivity contribution in [3.05, 3.63) is 27.3 Å². The Morgan fingerprint density at radius 3 is 2.62 bits per heavy atom. The van der Waals surface area contributed by atoms with Gasteiger partial charge in [-0.1, -0.05) is 0 Å². The third kappa shape index (κ3) is 4.85. The Balaban J connectivity index is 1.76. The maximum Gasteiger partial charge on any atom is 0.219 e. The SMILES string of the molecule is COc1ccc(I)c(CCCN2CCN(C(C)=O)CC2)c1. The molecule has 1 amide bonds. The van der Waals surface area contributed by atoms with Gasteiger partial charge in [-0.05, 0) is 65.7 Å². The van der Waals surface area contributed by atoms with E-state index in [1.54, 1.807) is 14.0 Å². The van der Waals surface area contributed by atoms with E-state index in [9.17, 15) is 4.79 Å². The van der Waals surface area contributed by atoms with Crippen LogP contribution in [0.3, 0.4) is 0 Å². The van der Waals surface area contributed by atoms with Gasteiger partial charge in [0, 0.05) is 36.7 Å². The molecule has 21 heavy (non-hydrogen) atoms. The summed E-state index contributed by atoms with van der Waals surface area (Å²) in [4.78, 5) is 15.7. The van der Waals surface area contributed by atoms with E-state index >= 15 is 0 Å². The number of hydrogen-bond donors (Lipinski definition) is 0. The van der Waals surface area contributed by atoms with Crippen LogP contribution in [0.15, 0.2) is 18.2 Å². The first-order valence-corrected chi connectivity index (χ1v) is 8.48. The lowest BCUT2D eigenvalue weighted by atomic mass is 10.1. The van der Waals surface area contributed by atoms with Crippen molar-refractivity contribution in [2.75, 3.05) is 39.8 Å². The normalized spacial score (nSPS) is 16.0. The molecule has 1 aliphatic heterocycles. The number of nitrogens with zero attached hydrogens (tertiary/aromatic N) is 2. The number of carbonyl (C=O) groups excluding carboxylic acids is 1. The van der Waals surface area contributed by atoms with Crippen molar-refractivity contribution in [3.8, 4) is 5.75 Å². The van der Waals surface area contributed by atoms with Gasteiger partial charge in [-0.25, -0.2) is 0 Å². The standard InChI is InChI=1S/C16H23IN2O2/c1-13(20)19-10-8-18(9-11-19)7-3-4-14-12-15(21-2)5-6-16(14)17/h5-6,12H,3-4,7-11H2,1-2H3. The second-order valence-corrected chi connectivity index (χ2v) is 6.57. The number of carbonyl (C=O) groups is 1. The molecule has 0 bridgehead atoms. The molecule has 1 heterocycles. The van der Waals surface area contributed by atoms with E-state index < -0.39 is 0 Å². The fourth-order valence-electron chi connectivity index (χ4n) is 2.65. The zero-order valence-corrected chi connectivity index (χ0v) is 14.9. The van der Waals surface area contributed by atoms with Crippen LogP contribution in [0.2, 0.25) is 0 Å². The first-order valence-electron chi connectivity index (χ1n) is 7.40. The molecule has 1 aliphatic rings. The molecule has 0 radical (unpaired) electrons. The summed E-state index contributed by atoms with van der Waals surface area (Å²) in [6.45, 7) is 6.47. The Labute approximate surface area is 140 Å². The molecule has 1 aromatic rings. The lowest BCUT2D eigenvalue weighted by Gasteiger charge is -2.34. The van der Waals surface area contributed by atoms with Crippen LogP contribution in [0.4, 0.5) is 0 Å². The molecule has 0 N–H and O–H groups in total. The van der Waals surface area contributed by atoms with Crippen LogP contribution in [0, 0.1) is 3.57 Å². The summed E-state index contributed by atoms with van der Waals surface area (Å²) in [5.74, 6) is 1.13. The second kappa shape index (κ2) is 7.98. The summed E-state index contributed by atoms with van der Waals surface area (Å²) in [7, 11) is 1.71. The summed E-state index contributed by atoms with van der Waals surface area (Å²) >= 11 is 2.38. The zero-order chi connectivity index (χ0) is 15.2. The number of hydrogen-bond acceptors (Lipinski definition) is 3. The van der Waals surface area contributed by atoms with E-state index in [1.807, 2.05) is 11.0 Å². The lowest BCUT2D eigenvalue weighted by Crippen LogP contribution is -2.48. The summed E-state index contributed by atoms with van der Waals surface area (Å²) < 4.78 is 6.59. The van der Waals surface area contributed by atoms with Gasteiger partial charge in [0.2, 0.25) is 5.91 Å². The van der Waals surface area contributed by atoms with Gasteiger partial charge in [-0.15, -0.1) is 0 Å². The summed E-state index contributed by atoms with van der Waals surface area (Å²) in [5, 5.41) is 0. The van der Waals surface area contributed by atoms with Crippen molar-refractivity contribution in [2.45, 2.75) is 19.8 Å². The van der Waals surface area contributed by atoms with Crippen LogP contribution in [-0.2, 0) is 11.2 Å². The van der Waals surface area contributed by atoms with Gasteiger partial charge < -0.3 is 9.64 Å². The smallest absolute Gasteiger partial charge is 0.219 e. The maximum absolute atomic E-state index is 11.3. The molecule has 1 saturated heterocycles. The highest BCUT2D eigenvalue weighted by Crippen LogP contribution is 2.20. The minimum atomic E-state index is 0.195. The van der Waals surface area contributed by atoms with E-state index in [1.165, 1.54) is 9.13 Å². The van der Waals surface area contributed by atoms with Crippen molar-refractivity contribution in [1.82, 2.24) is 9.80 Å². The van der Waals surface area contributed by atoms with Gasteiger partial charge in [-0.3, -0.25) is 9.69 Å². The molecule has 0 spiro atoms. The number of benzene rings is 1. The Morgan fingerprint density at radius 2 is 2.00 bits per heavy atom. The van der Waals surface area contributed by atoms with Crippen LogP contribution < -0.4 is 4.74 Å². The molecule has 0 aliphatic carbocycles. The van der Waals surface area contributed by atoms with Gasteiger partial charge in [0.25, 0.3) is 0 Å². The van der Waals surface area contributed by atoms with Gasteiger partial charge in [-0.2, -0.15) is 0 Å². The molecule has 1 fully saturated rings. The Kier molecular flexibility index (Phi) is 6.29. The highest BCUT2D eigenvalue weighted by atomic mass is 127. The monoisotopic (exact) mass is 402 g/mol. The highest BCUT2D eigenvalue weighted by molar-refractivity contribution is 14.1. The van der Waals surface area contributed by atoms with Gasteiger partial charge in [0.05, 0.1) is 7.11 Å². The van der Waals surface area contributed by atoms with E-state index in [2.05, 4.69) is 39.6 Å². The Bertz CT molecular complexity index is 485. The molecular weight excluding hydrogens is 379 g/mol. The first-order chi connectivity index (χ1) is 10.1. The van der Waals surface area contributed by atoms with E-state index in [-0.39, 0.29) is 5.91 Å². The Morgan fingerprint density at radius 1 is 1.29 bits per heavy atom. The van der Waals surface area contributed by atoms with Crippen LogP contribution in [0.1, 0.15) is 18.9 Å². The van der Waals surface area contributed by atoms with E-state index in [0.717, 1.165) is 51.3 Å². The molecule has 116 valence electrons. The van der Waals surface area contributed by atoms with Crippen molar-refractivity contribution in [2.24, 2.45) is 0 Å². The maximum atomic E-state index is 11.3. The van der Waals surface area contributed by atoms with Crippen molar-refractivity contribution >= 4 is 28.5 Å². The Hall–Kier alpha value is -0.820. The fraction of sp³-hybridized carbons (Fsp3) is 0.562. The molecule has 0 aromatic heterocycles. The van der Waals surface area contributed by atoms with Crippen molar-refractivity contribution < 1.29 is 9.53 Å². The quantitative estimate of drug-likeness (QED) is 0.710. The largest absolute Gasteiger partial charge is 0.497 e. The molecular formula is C16H23IN2O2. The number of rotatable bonds is 5. The van der Waals surface area contributed by atoms with Crippen LogP contribution in [0.25, 0.3) is 0 Å². The molecule has 0 unspecified atom stereocenters. The molecule has 5 heteroatoms. The number of methoxy groups -OCH3 is 1. The molecule has 4 nitrogen and oxygen atoms in total. The first kappa shape index (κ1) is 16.5. The minimum absolute atomic E-state index is 0.195. The third-order valence-corrected chi connectivity index (χ3v) is 5.04. The summed E-state index contributed by atoms with van der Waals surface area (Å²) in [5.41, 5.74) is 1.36. The average Bonchev–Trinajstić information content (AvgIpc) is 2.49. The second-order valence-electron chi connectivity index (χ2n) is 5.41. The lowest BCUT2D eigenvalue weighted by molar-refractivity contribution is -0.130. The number of ether oxygens (including phenoxy) is 1. The van der Waals surface area contributed by atoms with Gasteiger partial charge >= 0.3 is 0 Å². The molecule has 0 atom stereocenters. The van der Waals surface area contributed by atoms with Gasteiger partial charge in [0.1, 0.15) is 5.75 Å². The van der Waals surface area contributed by atoms with Crippen molar-refractivity contribution in [3.63, 3.8) is 0 Å². The predicted octanol–water partition coefficient (Wildman–Crippen LogP) is 2.40. The molecule has 0 saturated carbocycles. The number of aryl methyl sites for hydroxylation is 1. The molecule has 2 rings (SSSR count). The number of halogens is 1. The minimum Gasteiger partial charge on any atom is -0.497 e. The van der Waals surface area contributed by atoms with Crippen LogP contribution in [-0.4, -0.2) is 55.5 Å². The molecule has 1 aromatic carbocycles. The van der Waals surface area contributed by atoms with Crippen LogP contribution >= 0.6 is 22.6 Å². The number of amides is 1. The van der Waals surface area contributed by atoms with Crippen molar-refractivity contribution in [1.29, 1.82) is 0 Å².